The number of halogens is 1. The zero-order chi connectivity index (χ0) is 16.4. The van der Waals surface area contributed by atoms with Crippen LogP contribution in [-0.2, 0) is 26.1 Å². The Bertz CT molecular complexity index is 824. The molecule has 0 amide bonds. The highest BCUT2D eigenvalue weighted by atomic mass is 35.5. The molecule has 0 bridgehead atoms. The van der Waals surface area contributed by atoms with Crippen molar-refractivity contribution in [2.75, 3.05) is 0 Å². The van der Waals surface area contributed by atoms with E-state index in [-0.39, 0.29) is 0 Å². The fourth-order valence-corrected chi connectivity index (χ4v) is 3.25. The summed E-state index contributed by atoms with van der Waals surface area (Å²) in [5.74, 6) is 1.08. The Morgan fingerprint density at radius 3 is 3.08 bits per heavy atom. The van der Waals surface area contributed by atoms with Gasteiger partial charge in [-0.2, -0.15) is 10.2 Å². The fourth-order valence-electron chi connectivity index (χ4n) is 3.05. The van der Waals surface area contributed by atoms with Gasteiger partial charge >= 0.3 is 0 Å². The molecule has 0 saturated heterocycles. The molecule has 0 aliphatic carbocycles. The lowest BCUT2D eigenvalue weighted by molar-refractivity contribution is 0.358. The fraction of sp³-hybridized carbons (Fsp3) is 0.353. The van der Waals surface area contributed by atoms with E-state index in [1.807, 2.05) is 39.8 Å². The van der Waals surface area contributed by atoms with Crippen LogP contribution < -0.4 is 5.32 Å². The Balaban J connectivity index is 1.34. The van der Waals surface area contributed by atoms with Crippen LogP contribution in [0.4, 0.5) is 0 Å². The molecule has 1 aliphatic heterocycles. The van der Waals surface area contributed by atoms with E-state index in [0.717, 1.165) is 42.3 Å². The maximum Gasteiger partial charge on any atom is 0.138 e. The molecule has 4 rings (SSSR count). The van der Waals surface area contributed by atoms with Crippen LogP contribution in [0.2, 0.25) is 5.02 Å². The Kier molecular flexibility index (Phi) is 4.32. The second-order valence-electron chi connectivity index (χ2n) is 6.11. The summed E-state index contributed by atoms with van der Waals surface area (Å²) in [7, 11) is 0. The standard InChI is InChI=1S/C17H19ClN6/c18-16-4-2-1-3-14(16)10-23-9-13(8-21-23)7-19-15-5-6-17-20-12-22-24(17)11-15/h1-4,8-9,12,15,19H,5-7,10-11H2. The Morgan fingerprint density at radius 1 is 1.25 bits per heavy atom. The predicted octanol–water partition coefficient (Wildman–Crippen LogP) is 2.28. The van der Waals surface area contributed by atoms with E-state index in [4.69, 9.17) is 11.6 Å². The second kappa shape index (κ2) is 6.75. The van der Waals surface area contributed by atoms with Crippen molar-refractivity contribution in [1.29, 1.82) is 0 Å². The topological polar surface area (TPSA) is 60.6 Å². The Morgan fingerprint density at radius 2 is 2.17 bits per heavy atom. The predicted molar refractivity (Wildman–Crippen MR) is 91.8 cm³/mol. The van der Waals surface area contributed by atoms with E-state index in [0.29, 0.717) is 12.6 Å². The number of fused-ring (bicyclic) bond motifs is 1. The van der Waals surface area contributed by atoms with Crippen LogP contribution in [-0.4, -0.2) is 30.6 Å². The number of rotatable bonds is 5. The molecule has 0 spiro atoms. The molecule has 1 aliphatic rings. The summed E-state index contributed by atoms with van der Waals surface area (Å²) in [6, 6.07) is 8.29. The maximum absolute atomic E-state index is 6.21. The van der Waals surface area contributed by atoms with Crippen molar-refractivity contribution in [2.45, 2.75) is 38.5 Å². The average molecular weight is 343 g/mol. The van der Waals surface area contributed by atoms with Gasteiger partial charge in [0.25, 0.3) is 0 Å². The average Bonchev–Trinajstić information content (AvgIpc) is 3.23. The molecule has 0 saturated carbocycles. The van der Waals surface area contributed by atoms with Gasteiger partial charge in [-0.15, -0.1) is 0 Å². The summed E-state index contributed by atoms with van der Waals surface area (Å²) in [5, 5.41) is 13.1. The van der Waals surface area contributed by atoms with Gasteiger partial charge in [0.1, 0.15) is 12.2 Å². The molecule has 0 fully saturated rings. The van der Waals surface area contributed by atoms with Gasteiger partial charge in [-0.05, 0) is 18.1 Å². The van der Waals surface area contributed by atoms with Gasteiger partial charge in [-0.25, -0.2) is 9.67 Å². The molecule has 3 aromatic rings. The van der Waals surface area contributed by atoms with Crippen LogP contribution >= 0.6 is 11.6 Å². The maximum atomic E-state index is 6.21. The van der Waals surface area contributed by atoms with E-state index >= 15 is 0 Å². The van der Waals surface area contributed by atoms with Crippen molar-refractivity contribution in [3.05, 3.63) is 65.0 Å². The number of nitrogens with one attached hydrogen (secondary N) is 1. The first kappa shape index (κ1) is 15.4. The highest BCUT2D eigenvalue weighted by Gasteiger charge is 2.19. The first-order valence-corrected chi connectivity index (χ1v) is 8.50. The second-order valence-corrected chi connectivity index (χ2v) is 6.52. The molecule has 1 unspecified atom stereocenters. The number of nitrogens with zero attached hydrogens (tertiary/aromatic N) is 5. The number of benzene rings is 1. The molecule has 2 aromatic heterocycles. The molecule has 3 heterocycles. The van der Waals surface area contributed by atoms with Crippen molar-refractivity contribution < 1.29 is 0 Å². The van der Waals surface area contributed by atoms with Gasteiger partial charge in [0.2, 0.25) is 0 Å². The molecule has 1 atom stereocenters. The van der Waals surface area contributed by atoms with Crippen molar-refractivity contribution in [1.82, 2.24) is 29.9 Å². The smallest absolute Gasteiger partial charge is 0.138 e. The molecular weight excluding hydrogens is 324 g/mol. The van der Waals surface area contributed by atoms with Gasteiger partial charge in [0.15, 0.2) is 0 Å². The zero-order valence-electron chi connectivity index (χ0n) is 13.3. The summed E-state index contributed by atoms with van der Waals surface area (Å²) in [5.41, 5.74) is 2.25. The summed E-state index contributed by atoms with van der Waals surface area (Å²) in [4.78, 5) is 4.26. The van der Waals surface area contributed by atoms with Crippen LogP contribution in [0.25, 0.3) is 0 Å². The zero-order valence-corrected chi connectivity index (χ0v) is 14.0. The van der Waals surface area contributed by atoms with Crippen molar-refractivity contribution in [3.8, 4) is 0 Å². The van der Waals surface area contributed by atoms with Crippen molar-refractivity contribution in [3.63, 3.8) is 0 Å². The lowest BCUT2D eigenvalue weighted by Gasteiger charge is -2.23. The van der Waals surface area contributed by atoms with E-state index < -0.39 is 0 Å². The van der Waals surface area contributed by atoms with Crippen LogP contribution in [0.5, 0.6) is 0 Å². The minimum atomic E-state index is 0.422. The molecule has 24 heavy (non-hydrogen) atoms. The minimum absolute atomic E-state index is 0.422. The van der Waals surface area contributed by atoms with Crippen LogP contribution in [0, 0.1) is 0 Å². The summed E-state index contributed by atoms with van der Waals surface area (Å²) >= 11 is 6.21. The number of hydrogen-bond acceptors (Lipinski definition) is 4. The highest BCUT2D eigenvalue weighted by Crippen LogP contribution is 2.16. The van der Waals surface area contributed by atoms with Gasteiger partial charge in [0, 0.05) is 35.8 Å². The number of aryl methyl sites for hydroxylation is 1. The molecule has 1 N–H and O–H groups in total. The van der Waals surface area contributed by atoms with E-state index in [9.17, 15) is 0 Å². The third kappa shape index (κ3) is 3.34. The summed E-state index contributed by atoms with van der Waals surface area (Å²) in [6.45, 7) is 2.37. The van der Waals surface area contributed by atoms with Gasteiger partial charge in [-0.3, -0.25) is 4.68 Å². The largest absolute Gasteiger partial charge is 0.308 e. The van der Waals surface area contributed by atoms with Crippen molar-refractivity contribution >= 4 is 11.6 Å². The van der Waals surface area contributed by atoms with Crippen LogP contribution in [0.1, 0.15) is 23.4 Å². The van der Waals surface area contributed by atoms with E-state index in [2.05, 4.69) is 26.7 Å². The summed E-state index contributed by atoms with van der Waals surface area (Å²) < 4.78 is 3.91. The monoisotopic (exact) mass is 342 g/mol. The van der Waals surface area contributed by atoms with Crippen LogP contribution in [0.3, 0.4) is 0 Å². The normalized spacial score (nSPS) is 17.0. The summed E-state index contributed by atoms with van der Waals surface area (Å²) in [6.07, 6.45) is 7.68. The Hall–Kier alpha value is -2.18. The highest BCUT2D eigenvalue weighted by molar-refractivity contribution is 6.31. The van der Waals surface area contributed by atoms with Crippen LogP contribution in [0.15, 0.2) is 43.0 Å². The minimum Gasteiger partial charge on any atom is -0.308 e. The SMILES string of the molecule is Clc1ccccc1Cn1cc(CNC2CCc3ncnn3C2)cn1. The lowest BCUT2D eigenvalue weighted by atomic mass is 10.1. The van der Waals surface area contributed by atoms with Crippen molar-refractivity contribution in [2.24, 2.45) is 0 Å². The quantitative estimate of drug-likeness (QED) is 0.772. The van der Waals surface area contributed by atoms with Gasteiger partial charge in [0.05, 0.1) is 19.3 Å². The number of aromatic nitrogens is 5. The van der Waals surface area contributed by atoms with Gasteiger partial charge in [-0.1, -0.05) is 29.8 Å². The third-order valence-corrected chi connectivity index (χ3v) is 4.75. The Labute approximate surface area is 145 Å². The molecule has 7 heteroatoms. The first-order chi connectivity index (χ1) is 11.8. The molecule has 1 aromatic carbocycles. The molecule has 6 nitrogen and oxygen atoms in total. The lowest BCUT2D eigenvalue weighted by Crippen LogP contribution is -2.37. The van der Waals surface area contributed by atoms with Gasteiger partial charge < -0.3 is 5.32 Å². The van der Waals surface area contributed by atoms with E-state index in [1.54, 1.807) is 6.33 Å². The number of hydrogen-bond donors (Lipinski definition) is 1. The molecule has 0 radical (unpaired) electrons. The molecule has 124 valence electrons. The third-order valence-electron chi connectivity index (χ3n) is 4.38. The van der Waals surface area contributed by atoms with E-state index in [1.165, 1.54) is 5.56 Å². The molecular formula is C17H19ClN6. The first-order valence-electron chi connectivity index (χ1n) is 8.13.